The molecular weight excluding hydrogens is 208 g/mol. The minimum atomic E-state index is 0.577. The van der Waals surface area contributed by atoms with Crippen molar-refractivity contribution in [1.29, 1.82) is 0 Å². The molecule has 0 saturated carbocycles. The molecular formula is C15H24N2. The Labute approximate surface area is 105 Å². The maximum absolute atomic E-state index is 3.58. The van der Waals surface area contributed by atoms with E-state index in [0.717, 1.165) is 19.5 Å². The minimum Gasteiger partial charge on any atom is -0.311 e. The fraction of sp³-hybridized carbons (Fsp3) is 0.600. The summed E-state index contributed by atoms with van der Waals surface area (Å²) in [6, 6.07) is 7.85. The molecule has 0 aliphatic carbocycles. The zero-order valence-corrected chi connectivity index (χ0v) is 11.5. The first-order chi connectivity index (χ1) is 8.09. The van der Waals surface area contributed by atoms with Crippen molar-refractivity contribution in [3.8, 4) is 0 Å². The van der Waals surface area contributed by atoms with Crippen molar-refractivity contribution in [2.24, 2.45) is 0 Å². The molecule has 94 valence electrons. The normalized spacial score (nSPS) is 26.1. The average molecular weight is 232 g/mol. The fourth-order valence-corrected chi connectivity index (χ4v) is 2.74. The molecule has 2 unspecified atom stereocenters. The van der Waals surface area contributed by atoms with E-state index in [9.17, 15) is 0 Å². The Bertz CT molecular complexity index is 377. The number of hydrogen-bond acceptors (Lipinski definition) is 2. The van der Waals surface area contributed by atoms with Crippen LogP contribution < -0.4 is 5.32 Å². The summed E-state index contributed by atoms with van der Waals surface area (Å²) in [6.45, 7) is 9.00. The van der Waals surface area contributed by atoms with Gasteiger partial charge in [-0.15, -0.1) is 0 Å². The first kappa shape index (κ1) is 12.6. The van der Waals surface area contributed by atoms with Gasteiger partial charge < -0.3 is 10.2 Å². The van der Waals surface area contributed by atoms with Gasteiger partial charge in [0.05, 0.1) is 0 Å². The van der Waals surface area contributed by atoms with Crippen LogP contribution >= 0.6 is 0 Å². The Hall–Kier alpha value is -0.860. The third-order valence-electron chi connectivity index (χ3n) is 4.22. The Morgan fingerprint density at radius 1 is 1.35 bits per heavy atom. The summed E-state index contributed by atoms with van der Waals surface area (Å²) in [5.74, 6) is 0. The van der Waals surface area contributed by atoms with Crippen LogP contribution in [0.25, 0.3) is 0 Å². The lowest BCUT2D eigenvalue weighted by Gasteiger charge is -2.38. The molecule has 1 aliphatic rings. The van der Waals surface area contributed by atoms with Gasteiger partial charge in [0, 0.05) is 25.2 Å². The summed E-state index contributed by atoms with van der Waals surface area (Å²) in [5, 5.41) is 3.58. The summed E-state index contributed by atoms with van der Waals surface area (Å²) in [4.78, 5) is 2.49. The van der Waals surface area contributed by atoms with Gasteiger partial charge in [-0.25, -0.2) is 0 Å². The topological polar surface area (TPSA) is 15.3 Å². The smallest absolute Gasteiger partial charge is 0.0284 e. The highest BCUT2D eigenvalue weighted by Gasteiger charge is 2.25. The van der Waals surface area contributed by atoms with E-state index in [1.54, 1.807) is 0 Å². The largest absolute Gasteiger partial charge is 0.311 e. The maximum Gasteiger partial charge on any atom is 0.0284 e. The predicted molar refractivity (Wildman–Crippen MR) is 73.5 cm³/mol. The number of likely N-dealkylation sites (N-methyl/N-ethyl adjacent to an activating group) is 1. The summed E-state index contributed by atoms with van der Waals surface area (Å²) in [5.41, 5.74) is 4.36. The maximum atomic E-state index is 3.58. The van der Waals surface area contributed by atoms with Crippen LogP contribution in [0.5, 0.6) is 0 Å². The van der Waals surface area contributed by atoms with E-state index < -0.39 is 0 Å². The standard InChI is InChI=1S/C15H24N2/c1-11-6-5-7-14(12(11)2)10-15-13(3)16-8-9-17(15)4/h5-7,13,15-16H,8-10H2,1-4H3. The van der Waals surface area contributed by atoms with E-state index in [0.29, 0.717) is 12.1 Å². The second kappa shape index (κ2) is 5.19. The zero-order valence-electron chi connectivity index (χ0n) is 11.5. The molecule has 0 aromatic heterocycles. The molecule has 0 bridgehead atoms. The number of nitrogens with one attached hydrogen (secondary N) is 1. The van der Waals surface area contributed by atoms with Crippen molar-refractivity contribution in [3.63, 3.8) is 0 Å². The number of aryl methyl sites for hydroxylation is 1. The van der Waals surface area contributed by atoms with Gasteiger partial charge in [-0.05, 0) is 50.9 Å². The van der Waals surface area contributed by atoms with Crippen molar-refractivity contribution in [1.82, 2.24) is 10.2 Å². The SMILES string of the molecule is Cc1cccc(CC2C(C)NCCN2C)c1C. The number of nitrogens with zero attached hydrogens (tertiary/aromatic N) is 1. The molecule has 0 spiro atoms. The molecule has 1 aromatic rings. The Kier molecular flexibility index (Phi) is 3.85. The molecule has 1 heterocycles. The quantitative estimate of drug-likeness (QED) is 0.840. The van der Waals surface area contributed by atoms with E-state index >= 15 is 0 Å². The van der Waals surface area contributed by atoms with Gasteiger partial charge in [-0.3, -0.25) is 0 Å². The third-order valence-corrected chi connectivity index (χ3v) is 4.22. The first-order valence-corrected chi connectivity index (χ1v) is 6.58. The first-order valence-electron chi connectivity index (χ1n) is 6.58. The van der Waals surface area contributed by atoms with E-state index in [2.05, 4.69) is 56.2 Å². The Morgan fingerprint density at radius 2 is 2.12 bits per heavy atom. The molecule has 1 saturated heterocycles. The molecule has 2 rings (SSSR count). The molecule has 1 aliphatic heterocycles. The van der Waals surface area contributed by atoms with Gasteiger partial charge in [0.25, 0.3) is 0 Å². The van der Waals surface area contributed by atoms with Crippen LogP contribution in [0.4, 0.5) is 0 Å². The molecule has 2 heteroatoms. The minimum absolute atomic E-state index is 0.577. The van der Waals surface area contributed by atoms with E-state index in [1.165, 1.54) is 16.7 Å². The summed E-state index contributed by atoms with van der Waals surface area (Å²) < 4.78 is 0. The van der Waals surface area contributed by atoms with Crippen LogP contribution in [0.15, 0.2) is 18.2 Å². The molecule has 0 amide bonds. The van der Waals surface area contributed by atoms with Crippen LogP contribution in [0.1, 0.15) is 23.6 Å². The van der Waals surface area contributed by atoms with Gasteiger partial charge in [0.1, 0.15) is 0 Å². The summed E-state index contributed by atoms with van der Waals surface area (Å²) in [6.07, 6.45) is 1.15. The van der Waals surface area contributed by atoms with Crippen molar-refractivity contribution in [2.75, 3.05) is 20.1 Å². The Morgan fingerprint density at radius 3 is 2.82 bits per heavy atom. The lowest BCUT2D eigenvalue weighted by atomic mass is 9.93. The van der Waals surface area contributed by atoms with Gasteiger partial charge in [-0.1, -0.05) is 18.2 Å². The third kappa shape index (κ3) is 2.70. The number of hydrogen-bond donors (Lipinski definition) is 1. The summed E-state index contributed by atoms with van der Waals surface area (Å²) in [7, 11) is 2.24. The molecule has 1 fully saturated rings. The summed E-state index contributed by atoms with van der Waals surface area (Å²) >= 11 is 0. The predicted octanol–water partition coefficient (Wildman–Crippen LogP) is 2.14. The van der Waals surface area contributed by atoms with Crippen molar-refractivity contribution >= 4 is 0 Å². The number of benzene rings is 1. The highest BCUT2D eigenvalue weighted by Crippen LogP contribution is 2.19. The van der Waals surface area contributed by atoms with E-state index in [1.807, 2.05) is 0 Å². The monoisotopic (exact) mass is 232 g/mol. The Balaban J connectivity index is 2.16. The van der Waals surface area contributed by atoms with Gasteiger partial charge in [0.15, 0.2) is 0 Å². The van der Waals surface area contributed by atoms with Gasteiger partial charge in [0.2, 0.25) is 0 Å². The average Bonchev–Trinajstić information content (AvgIpc) is 2.29. The second-order valence-electron chi connectivity index (χ2n) is 5.35. The molecule has 1 aromatic carbocycles. The van der Waals surface area contributed by atoms with Crippen LogP contribution in [0.2, 0.25) is 0 Å². The molecule has 2 nitrogen and oxygen atoms in total. The lowest BCUT2D eigenvalue weighted by Crippen LogP contribution is -2.56. The van der Waals surface area contributed by atoms with E-state index in [-0.39, 0.29) is 0 Å². The zero-order chi connectivity index (χ0) is 12.4. The van der Waals surface area contributed by atoms with Gasteiger partial charge in [-0.2, -0.15) is 0 Å². The van der Waals surface area contributed by atoms with Crippen LogP contribution in [-0.2, 0) is 6.42 Å². The molecule has 1 N–H and O–H groups in total. The van der Waals surface area contributed by atoms with E-state index in [4.69, 9.17) is 0 Å². The number of piperazine rings is 1. The molecule has 0 radical (unpaired) electrons. The van der Waals surface area contributed by atoms with Crippen molar-refractivity contribution < 1.29 is 0 Å². The number of rotatable bonds is 2. The lowest BCUT2D eigenvalue weighted by molar-refractivity contribution is 0.157. The van der Waals surface area contributed by atoms with Crippen LogP contribution in [-0.4, -0.2) is 37.1 Å². The molecule has 2 atom stereocenters. The van der Waals surface area contributed by atoms with Crippen molar-refractivity contribution in [3.05, 3.63) is 34.9 Å². The second-order valence-corrected chi connectivity index (χ2v) is 5.35. The highest BCUT2D eigenvalue weighted by molar-refractivity contribution is 5.33. The van der Waals surface area contributed by atoms with Crippen LogP contribution in [0, 0.1) is 13.8 Å². The van der Waals surface area contributed by atoms with Crippen LogP contribution in [0.3, 0.4) is 0 Å². The molecule has 17 heavy (non-hydrogen) atoms. The fourth-order valence-electron chi connectivity index (χ4n) is 2.74. The van der Waals surface area contributed by atoms with Crippen molar-refractivity contribution in [2.45, 2.75) is 39.3 Å². The van der Waals surface area contributed by atoms with Gasteiger partial charge >= 0.3 is 0 Å². The highest BCUT2D eigenvalue weighted by atomic mass is 15.2.